The smallest absolute Gasteiger partial charge is 0.340 e. The van der Waals surface area contributed by atoms with Crippen LogP contribution in [0.25, 0.3) is 0 Å². The number of anilines is 2. The number of aromatic nitrogens is 1. The minimum atomic E-state index is -0.412. The predicted octanol–water partition coefficient (Wildman–Crippen LogP) is 2.08. The average molecular weight is 263 g/mol. The molecule has 0 amide bonds. The first-order chi connectivity index (χ1) is 9.17. The standard InChI is InChI=1S/C14H21N3O2/c1-3-4-10-6-8-17(9-10)13-12(15)11(5-7-16-13)14(18)19-2/h5,7,10H,3-4,6,8-9,15H2,1-2H3. The first-order valence-corrected chi connectivity index (χ1v) is 6.75. The van der Waals surface area contributed by atoms with Crippen LogP contribution in [0.15, 0.2) is 12.3 Å². The van der Waals surface area contributed by atoms with Crippen molar-refractivity contribution in [3.05, 3.63) is 17.8 Å². The molecule has 19 heavy (non-hydrogen) atoms. The summed E-state index contributed by atoms with van der Waals surface area (Å²) in [6.45, 7) is 4.12. The Balaban J connectivity index is 2.19. The van der Waals surface area contributed by atoms with E-state index in [9.17, 15) is 4.79 Å². The van der Waals surface area contributed by atoms with Gasteiger partial charge in [0.15, 0.2) is 5.82 Å². The summed E-state index contributed by atoms with van der Waals surface area (Å²) < 4.78 is 4.73. The molecule has 0 bridgehead atoms. The maximum absolute atomic E-state index is 11.6. The molecule has 1 aromatic heterocycles. The van der Waals surface area contributed by atoms with Gasteiger partial charge in [-0.2, -0.15) is 0 Å². The molecule has 5 heteroatoms. The Morgan fingerprint density at radius 1 is 1.63 bits per heavy atom. The summed E-state index contributed by atoms with van der Waals surface area (Å²) in [5, 5.41) is 0. The van der Waals surface area contributed by atoms with Gasteiger partial charge < -0.3 is 15.4 Å². The molecule has 1 fully saturated rings. The highest BCUT2D eigenvalue weighted by Crippen LogP contribution is 2.30. The highest BCUT2D eigenvalue weighted by molar-refractivity contribution is 5.97. The Kier molecular flexibility index (Phi) is 4.24. The van der Waals surface area contributed by atoms with Gasteiger partial charge >= 0.3 is 5.97 Å². The number of hydrogen-bond donors (Lipinski definition) is 1. The van der Waals surface area contributed by atoms with E-state index >= 15 is 0 Å². The lowest BCUT2D eigenvalue weighted by Crippen LogP contribution is -2.23. The lowest BCUT2D eigenvalue weighted by atomic mass is 10.0. The van der Waals surface area contributed by atoms with Gasteiger partial charge in [0.1, 0.15) is 0 Å². The summed E-state index contributed by atoms with van der Waals surface area (Å²) in [5.74, 6) is 1.000. The number of rotatable bonds is 4. The molecule has 2 heterocycles. The summed E-state index contributed by atoms with van der Waals surface area (Å²) in [5.41, 5.74) is 6.87. The summed E-state index contributed by atoms with van der Waals surface area (Å²) in [4.78, 5) is 18.1. The van der Waals surface area contributed by atoms with E-state index in [1.807, 2.05) is 0 Å². The van der Waals surface area contributed by atoms with E-state index < -0.39 is 5.97 Å². The molecular weight excluding hydrogens is 242 g/mol. The highest BCUT2D eigenvalue weighted by Gasteiger charge is 2.25. The first kappa shape index (κ1) is 13.6. The SMILES string of the molecule is CCCC1CCN(c2nccc(C(=O)OC)c2N)C1. The molecule has 5 nitrogen and oxygen atoms in total. The van der Waals surface area contributed by atoms with Crippen molar-refractivity contribution in [3.63, 3.8) is 0 Å². The summed E-state index contributed by atoms with van der Waals surface area (Å²) >= 11 is 0. The van der Waals surface area contributed by atoms with Crippen LogP contribution in [0.2, 0.25) is 0 Å². The molecular formula is C14H21N3O2. The second-order valence-electron chi connectivity index (χ2n) is 4.98. The number of nitrogens with zero attached hydrogens (tertiary/aromatic N) is 2. The zero-order valence-corrected chi connectivity index (χ0v) is 11.6. The number of ether oxygens (including phenoxy) is 1. The topological polar surface area (TPSA) is 68.5 Å². The summed E-state index contributed by atoms with van der Waals surface area (Å²) in [6.07, 6.45) is 5.21. The van der Waals surface area contributed by atoms with E-state index in [-0.39, 0.29) is 0 Å². The lowest BCUT2D eigenvalue weighted by molar-refractivity contribution is 0.0602. The van der Waals surface area contributed by atoms with E-state index in [4.69, 9.17) is 10.5 Å². The van der Waals surface area contributed by atoms with Crippen molar-refractivity contribution in [2.45, 2.75) is 26.2 Å². The Morgan fingerprint density at radius 2 is 2.42 bits per heavy atom. The van der Waals surface area contributed by atoms with Gasteiger partial charge in [-0.15, -0.1) is 0 Å². The molecule has 1 atom stereocenters. The number of esters is 1. The molecule has 2 N–H and O–H groups in total. The van der Waals surface area contributed by atoms with Crippen LogP contribution < -0.4 is 10.6 Å². The number of carbonyl (C=O) groups is 1. The third-order valence-electron chi connectivity index (χ3n) is 3.66. The van der Waals surface area contributed by atoms with Crippen molar-refractivity contribution in [3.8, 4) is 0 Å². The number of carbonyl (C=O) groups excluding carboxylic acids is 1. The third-order valence-corrected chi connectivity index (χ3v) is 3.66. The first-order valence-electron chi connectivity index (χ1n) is 6.75. The molecule has 1 aliphatic heterocycles. The van der Waals surface area contributed by atoms with Gasteiger partial charge in [0.2, 0.25) is 0 Å². The second kappa shape index (κ2) is 5.91. The van der Waals surface area contributed by atoms with Crippen molar-refractivity contribution < 1.29 is 9.53 Å². The summed E-state index contributed by atoms with van der Waals surface area (Å²) in [7, 11) is 1.36. The molecule has 0 aromatic carbocycles. The monoisotopic (exact) mass is 263 g/mol. The largest absolute Gasteiger partial charge is 0.465 e. The fourth-order valence-corrected chi connectivity index (χ4v) is 2.67. The molecule has 0 radical (unpaired) electrons. The molecule has 1 saturated heterocycles. The van der Waals surface area contributed by atoms with E-state index in [0.717, 1.165) is 19.5 Å². The Morgan fingerprint density at radius 3 is 3.11 bits per heavy atom. The Hall–Kier alpha value is -1.78. The van der Waals surface area contributed by atoms with Crippen LogP contribution in [0.4, 0.5) is 11.5 Å². The van der Waals surface area contributed by atoms with Crippen LogP contribution >= 0.6 is 0 Å². The normalized spacial score (nSPS) is 18.6. The van der Waals surface area contributed by atoms with Gasteiger partial charge in [0.05, 0.1) is 18.4 Å². The number of nitrogen functional groups attached to an aromatic ring is 1. The number of nitrogens with two attached hydrogens (primary N) is 1. The van der Waals surface area contributed by atoms with Crippen molar-refractivity contribution in [1.29, 1.82) is 0 Å². The van der Waals surface area contributed by atoms with Gasteiger partial charge in [-0.3, -0.25) is 0 Å². The van der Waals surface area contributed by atoms with Crippen LogP contribution in [0, 0.1) is 5.92 Å². The van der Waals surface area contributed by atoms with E-state index in [1.54, 1.807) is 12.3 Å². The van der Waals surface area contributed by atoms with E-state index in [1.165, 1.54) is 20.0 Å². The van der Waals surface area contributed by atoms with Gasteiger partial charge in [-0.1, -0.05) is 13.3 Å². The zero-order chi connectivity index (χ0) is 13.8. The van der Waals surface area contributed by atoms with Gasteiger partial charge in [-0.05, 0) is 24.8 Å². The Bertz CT molecular complexity index is 462. The Labute approximate surface area is 113 Å². The fraction of sp³-hybridized carbons (Fsp3) is 0.571. The molecule has 2 rings (SSSR count). The van der Waals surface area contributed by atoms with Crippen LogP contribution in [-0.2, 0) is 4.74 Å². The van der Waals surface area contributed by atoms with Crippen molar-refractivity contribution in [2.24, 2.45) is 5.92 Å². The van der Waals surface area contributed by atoms with Crippen LogP contribution in [0.1, 0.15) is 36.5 Å². The van der Waals surface area contributed by atoms with Gasteiger partial charge in [0, 0.05) is 19.3 Å². The van der Waals surface area contributed by atoms with Crippen molar-refractivity contribution in [2.75, 3.05) is 30.8 Å². The molecule has 1 aromatic rings. The maximum atomic E-state index is 11.6. The van der Waals surface area contributed by atoms with Gasteiger partial charge in [0.25, 0.3) is 0 Å². The predicted molar refractivity (Wildman–Crippen MR) is 75.2 cm³/mol. The van der Waals surface area contributed by atoms with Crippen LogP contribution in [-0.4, -0.2) is 31.2 Å². The number of pyridine rings is 1. The maximum Gasteiger partial charge on any atom is 0.340 e. The lowest BCUT2D eigenvalue weighted by Gasteiger charge is -2.20. The zero-order valence-electron chi connectivity index (χ0n) is 11.6. The van der Waals surface area contributed by atoms with Crippen LogP contribution in [0.3, 0.4) is 0 Å². The minimum Gasteiger partial charge on any atom is -0.465 e. The van der Waals surface area contributed by atoms with Gasteiger partial charge in [-0.25, -0.2) is 9.78 Å². The molecule has 104 valence electrons. The molecule has 0 aliphatic carbocycles. The van der Waals surface area contributed by atoms with Crippen molar-refractivity contribution in [1.82, 2.24) is 4.98 Å². The molecule has 0 spiro atoms. The van der Waals surface area contributed by atoms with E-state index in [2.05, 4.69) is 16.8 Å². The molecule has 1 unspecified atom stereocenters. The average Bonchev–Trinajstić information content (AvgIpc) is 2.87. The third kappa shape index (κ3) is 2.80. The molecule has 1 aliphatic rings. The number of methoxy groups -OCH3 is 1. The summed E-state index contributed by atoms with van der Waals surface area (Å²) in [6, 6.07) is 1.60. The minimum absolute atomic E-state index is 0.395. The number of hydrogen-bond acceptors (Lipinski definition) is 5. The van der Waals surface area contributed by atoms with E-state index in [0.29, 0.717) is 23.0 Å². The van der Waals surface area contributed by atoms with Crippen LogP contribution in [0.5, 0.6) is 0 Å². The fourth-order valence-electron chi connectivity index (χ4n) is 2.67. The highest BCUT2D eigenvalue weighted by atomic mass is 16.5. The van der Waals surface area contributed by atoms with Crippen molar-refractivity contribution >= 4 is 17.5 Å². The quantitative estimate of drug-likeness (QED) is 0.842. The molecule has 0 saturated carbocycles. The second-order valence-corrected chi connectivity index (χ2v) is 4.98.